The number of aryl methyl sites for hydroxylation is 1. The maximum absolute atomic E-state index is 11.6. The molecule has 3 nitrogen and oxygen atoms in total. The Balaban J connectivity index is 2.14. The van der Waals surface area contributed by atoms with Crippen molar-refractivity contribution in [3.8, 4) is 0 Å². The molecule has 1 aliphatic carbocycles. The molecule has 0 aromatic carbocycles. The summed E-state index contributed by atoms with van der Waals surface area (Å²) in [6, 6.07) is 4.08. The minimum atomic E-state index is -0.0491. The summed E-state index contributed by atoms with van der Waals surface area (Å²) in [6.07, 6.45) is 2.21. The molecule has 1 N–H and O–H groups in total. The van der Waals surface area contributed by atoms with Gasteiger partial charge in [-0.05, 0) is 54.5 Å². The smallest absolute Gasteiger partial charge is 0.270 e. The largest absolute Gasteiger partial charge is 0.348 e. The quantitative estimate of drug-likeness (QED) is 0.848. The third kappa shape index (κ3) is 2.23. The van der Waals surface area contributed by atoms with Crippen molar-refractivity contribution in [2.75, 3.05) is 0 Å². The second kappa shape index (κ2) is 3.84. The van der Waals surface area contributed by atoms with Gasteiger partial charge in [0.15, 0.2) is 0 Å². The molecule has 1 aliphatic rings. The van der Waals surface area contributed by atoms with Crippen LogP contribution in [-0.4, -0.2) is 16.9 Å². The maximum Gasteiger partial charge on any atom is 0.270 e. The fourth-order valence-corrected chi connectivity index (χ4v) is 1.46. The summed E-state index contributed by atoms with van der Waals surface area (Å²) in [5.41, 5.74) is 1.43. The standard InChI is InChI=1S/C10H11IN2O/c1-6-8(11)4-5-9(12-6)10(14)13-7-2-3-7/h4-5,7H,2-3H2,1H3,(H,13,14). The Labute approximate surface area is 96.4 Å². The van der Waals surface area contributed by atoms with Gasteiger partial charge in [0.25, 0.3) is 5.91 Å². The van der Waals surface area contributed by atoms with Gasteiger partial charge < -0.3 is 5.32 Å². The first kappa shape index (κ1) is 9.89. The minimum Gasteiger partial charge on any atom is -0.348 e. The van der Waals surface area contributed by atoms with E-state index in [1.165, 1.54) is 0 Å². The molecule has 74 valence electrons. The van der Waals surface area contributed by atoms with Gasteiger partial charge in [-0.3, -0.25) is 4.79 Å². The van der Waals surface area contributed by atoms with Crippen LogP contribution in [0.5, 0.6) is 0 Å². The molecule has 14 heavy (non-hydrogen) atoms. The molecule has 1 heterocycles. The molecule has 0 spiro atoms. The van der Waals surface area contributed by atoms with E-state index in [2.05, 4.69) is 32.9 Å². The molecule has 1 aromatic rings. The van der Waals surface area contributed by atoms with E-state index < -0.39 is 0 Å². The lowest BCUT2D eigenvalue weighted by atomic mass is 10.3. The number of pyridine rings is 1. The molecule has 0 bridgehead atoms. The van der Waals surface area contributed by atoms with Crippen LogP contribution in [0.3, 0.4) is 0 Å². The van der Waals surface area contributed by atoms with Crippen molar-refractivity contribution < 1.29 is 4.79 Å². The zero-order chi connectivity index (χ0) is 10.1. The molecular weight excluding hydrogens is 291 g/mol. The zero-order valence-corrected chi connectivity index (χ0v) is 10.0. The number of halogens is 1. The molecule has 1 fully saturated rings. The van der Waals surface area contributed by atoms with Gasteiger partial charge in [-0.15, -0.1) is 0 Å². The van der Waals surface area contributed by atoms with Crippen LogP contribution in [0.4, 0.5) is 0 Å². The van der Waals surface area contributed by atoms with Gasteiger partial charge in [-0.25, -0.2) is 4.98 Å². The maximum atomic E-state index is 11.6. The van der Waals surface area contributed by atoms with E-state index in [4.69, 9.17) is 0 Å². The number of hydrogen-bond acceptors (Lipinski definition) is 2. The number of rotatable bonds is 2. The molecule has 0 radical (unpaired) electrons. The highest BCUT2D eigenvalue weighted by atomic mass is 127. The van der Waals surface area contributed by atoms with Crippen LogP contribution in [0.25, 0.3) is 0 Å². The first-order valence-corrected chi connectivity index (χ1v) is 5.68. The van der Waals surface area contributed by atoms with Crippen molar-refractivity contribution in [1.29, 1.82) is 0 Å². The number of carbonyl (C=O) groups is 1. The zero-order valence-electron chi connectivity index (χ0n) is 7.88. The summed E-state index contributed by atoms with van der Waals surface area (Å²) in [5, 5.41) is 2.91. The van der Waals surface area contributed by atoms with E-state index in [-0.39, 0.29) is 5.91 Å². The molecule has 0 atom stereocenters. The van der Waals surface area contributed by atoms with Crippen molar-refractivity contribution in [3.05, 3.63) is 27.1 Å². The third-order valence-corrected chi connectivity index (χ3v) is 3.31. The fourth-order valence-electron chi connectivity index (χ4n) is 1.16. The molecular formula is C10H11IN2O. The van der Waals surface area contributed by atoms with Crippen molar-refractivity contribution >= 4 is 28.5 Å². The van der Waals surface area contributed by atoms with E-state index in [0.717, 1.165) is 22.1 Å². The van der Waals surface area contributed by atoms with E-state index in [1.807, 2.05) is 13.0 Å². The fraction of sp³-hybridized carbons (Fsp3) is 0.400. The Morgan fingerprint density at radius 1 is 1.57 bits per heavy atom. The highest BCUT2D eigenvalue weighted by Crippen LogP contribution is 2.19. The first-order chi connectivity index (χ1) is 6.66. The molecule has 0 saturated heterocycles. The first-order valence-electron chi connectivity index (χ1n) is 4.61. The summed E-state index contributed by atoms with van der Waals surface area (Å²) in [6.45, 7) is 1.91. The van der Waals surface area contributed by atoms with Gasteiger partial charge in [-0.1, -0.05) is 0 Å². The summed E-state index contributed by atoms with van der Waals surface area (Å²) < 4.78 is 1.09. The van der Waals surface area contributed by atoms with Crippen molar-refractivity contribution in [1.82, 2.24) is 10.3 Å². The molecule has 0 unspecified atom stereocenters. The summed E-state index contributed by atoms with van der Waals surface area (Å²) in [4.78, 5) is 15.8. The van der Waals surface area contributed by atoms with E-state index in [9.17, 15) is 4.79 Å². The summed E-state index contributed by atoms with van der Waals surface area (Å²) in [7, 11) is 0. The monoisotopic (exact) mass is 302 g/mol. The van der Waals surface area contributed by atoms with Crippen LogP contribution in [0.1, 0.15) is 29.0 Å². The number of carbonyl (C=O) groups excluding carboxylic acids is 1. The van der Waals surface area contributed by atoms with Crippen LogP contribution in [0.2, 0.25) is 0 Å². The highest BCUT2D eigenvalue weighted by Gasteiger charge is 2.24. The van der Waals surface area contributed by atoms with Crippen LogP contribution in [0.15, 0.2) is 12.1 Å². The number of nitrogens with zero attached hydrogens (tertiary/aromatic N) is 1. The van der Waals surface area contributed by atoms with Gasteiger partial charge in [0.1, 0.15) is 5.69 Å². The number of aromatic nitrogens is 1. The van der Waals surface area contributed by atoms with Gasteiger partial charge in [0.05, 0.1) is 5.69 Å². The molecule has 1 saturated carbocycles. The Morgan fingerprint density at radius 3 is 2.86 bits per heavy atom. The number of hydrogen-bond donors (Lipinski definition) is 1. The van der Waals surface area contributed by atoms with Crippen LogP contribution < -0.4 is 5.32 Å². The molecule has 4 heteroatoms. The second-order valence-electron chi connectivity index (χ2n) is 3.51. The molecule has 0 aliphatic heterocycles. The predicted octanol–water partition coefficient (Wildman–Crippen LogP) is 1.89. The van der Waals surface area contributed by atoms with Crippen molar-refractivity contribution in [3.63, 3.8) is 0 Å². The van der Waals surface area contributed by atoms with E-state index >= 15 is 0 Å². The van der Waals surface area contributed by atoms with Gasteiger partial charge in [0.2, 0.25) is 0 Å². The van der Waals surface area contributed by atoms with Crippen molar-refractivity contribution in [2.45, 2.75) is 25.8 Å². The van der Waals surface area contributed by atoms with Crippen LogP contribution >= 0.6 is 22.6 Å². The average molecular weight is 302 g/mol. The van der Waals surface area contributed by atoms with Gasteiger partial charge >= 0.3 is 0 Å². The Bertz CT molecular complexity index is 374. The summed E-state index contributed by atoms with van der Waals surface area (Å²) >= 11 is 2.21. The lowest BCUT2D eigenvalue weighted by Gasteiger charge is -2.03. The van der Waals surface area contributed by atoms with Crippen molar-refractivity contribution in [2.24, 2.45) is 0 Å². The third-order valence-electron chi connectivity index (χ3n) is 2.17. The highest BCUT2D eigenvalue weighted by molar-refractivity contribution is 14.1. The average Bonchev–Trinajstić information content (AvgIpc) is 2.93. The predicted molar refractivity (Wildman–Crippen MR) is 62.2 cm³/mol. The lowest BCUT2D eigenvalue weighted by molar-refractivity contribution is 0.0946. The molecule has 1 amide bonds. The Morgan fingerprint density at radius 2 is 2.29 bits per heavy atom. The lowest BCUT2D eigenvalue weighted by Crippen LogP contribution is -2.26. The van der Waals surface area contributed by atoms with E-state index in [0.29, 0.717) is 11.7 Å². The number of nitrogens with one attached hydrogen (secondary N) is 1. The summed E-state index contributed by atoms with van der Waals surface area (Å²) in [5.74, 6) is -0.0491. The minimum absolute atomic E-state index is 0.0491. The Kier molecular flexibility index (Phi) is 2.71. The molecule has 2 rings (SSSR count). The second-order valence-corrected chi connectivity index (χ2v) is 4.67. The van der Waals surface area contributed by atoms with Gasteiger partial charge in [-0.2, -0.15) is 0 Å². The topological polar surface area (TPSA) is 42.0 Å². The van der Waals surface area contributed by atoms with Gasteiger partial charge in [0, 0.05) is 9.61 Å². The van der Waals surface area contributed by atoms with Crippen LogP contribution in [0, 0.1) is 10.5 Å². The SMILES string of the molecule is Cc1nc(C(=O)NC2CC2)ccc1I. The van der Waals surface area contributed by atoms with E-state index in [1.54, 1.807) is 6.07 Å². The Hall–Kier alpha value is -0.650. The number of amides is 1. The molecule has 1 aromatic heterocycles. The van der Waals surface area contributed by atoms with Crippen LogP contribution in [-0.2, 0) is 0 Å². The normalized spacial score (nSPS) is 15.3.